The molecule has 0 unspecified atom stereocenters. The lowest BCUT2D eigenvalue weighted by Crippen LogP contribution is -2.20. The highest BCUT2D eigenvalue weighted by atomic mass is 35.5. The first-order chi connectivity index (χ1) is 8.08. The maximum Gasteiger partial charge on any atom is 0.0534 e. The minimum absolute atomic E-state index is 0. The van der Waals surface area contributed by atoms with Gasteiger partial charge < -0.3 is 10.2 Å². The van der Waals surface area contributed by atoms with E-state index < -0.39 is 0 Å². The molecule has 1 aromatic heterocycles. The minimum atomic E-state index is 0. The van der Waals surface area contributed by atoms with E-state index >= 15 is 0 Å². The number of aromatic nitrogens is 2. The van der Waals surface area contributed by atoms with Gasteiger partial charge in [-0.1, -0.05) is 13.8 Å². The Morgan fingerprint density at radius 3 is 2.58 bits per heavy atom. The maximum absolute atomic E-state index is 4.35. The van der Waals surface area contributed by atoms with Gasteiger partial charge in [0.2, 0.25) is 0 Å². The van der Waals surface area contributed by atoms with Crippen LogP contribution in [0, 0.1) is 5.92 Å². The van der Waals surface area contributed by atoms with Gasteiger partial charge in [-0.2, -0.15) is 5.10 Å². The molecule has 0 aliphatic heterocycles. The predicted octanol–water partition coefficient (Wildman–Crippen LogP) is 2.42. The van der Waals surface area contributed by atoms with Crippen LogP contribution in [0.5, 0.6) is 0 Å². The molecule has 1 N–H and O–H groups in total. The highest BCUT2D eigenvalue weighted by molar-refractivity contribution is 5.85. The highest BCUT2D eigenvalue weighted by Crippen LogP contribution is 2.01. The second-order valence-corrected chi connectivity index (χ2v) is 5.30. The third-order valence-electron chi connectivity index (χ3n) is 2.53. The molecule has 0 bridgehead atoms. The fraction of sp³-hybridized carbons (Fsp3) is 0.769. The second kappa shape index (κ2) is 11.5. The molecule has 0 saturated carbocycles. The summed E-state index contributed by atoms with van der Waals surface area (Å²) < 4.78 is 2.03. The van der Waals surface area contributed by atoms with Crippen molar-refractivity contribution in [3.8, 4) is 0 Å². The summed E-state index contributed by atoms with van der Waals surface area (Å²) >= 11 is 0. The molecule has 0 aromatic carbocycles. The standard InChI is InChI=1S/C13H26N4.2ClH/c1-12(2)10-17-11-13(9-15-17)8-14-6-5-7-16(3)4;;/h9,11-12,14H,5-8,10H2,1-4H3;2*1H. The van der Waals surface area contributed by atoms with Gasteiger partial charge in [0, 0.05) is 24.8 Å². The predicted molar refractivity (Wildman–Crippen MR) is 86.4 cm³/mol. The van der Waals surface area contributed by atoms with Crippen molar-refractivity contribution in [3.63, 3.8) is 0 Å². The van der Waals surface area contributed by atoms with Gasteiger partial charge in [0.05, 0.1) is 6.20 Å². The molecule has 0 fully saturated rings. The van der Waals surface area contributed by atoms with Gasteiger partial charge in [-0.3, -0.25) is 4.68 Å². The van der Waals surface area contributed by atoms with Crippen molar-refractivity contribution in [2.75, 3.05) is 27.2 Å². The van der Waals surface area contributed by atoms with Crippen LogP contribution in [0.2, 0.25) is 0 Å². The summed E-state index contributed by atoms with van der Waals surface area (Å²) in [6.07, 6.45) is 5.29. The van der Waals surface area contributed by atoms with Crippen molar-refractivity contribution in [1.82, 2.24) is 20.0 Å². The Morgan fingerprint density at radius 1 is 1.32 bits per heavy atom. The van der Waals surface area contributed by atoms with Crippen LogP contribution < -0.4 is 5.32 Å². The molecule has 0 spiro atoms. The van der Waals surface area contributed by atoms with Gasteiger partial charge in [0.15, 0.2) is 0 Å². The first kappa shape index (κ1) is 21.0. The molecule has 0 aliphatic rings. The minimum Gasteiger partial charge on any atom is -0.313 e. The van der Waals surface area contributed by atoms with Gasteiger partial charge in [-0.25, -0.2) is 0 Å². The summed E-state index contributed by atoms with van der Waals surface area (Å²) in [7, 11) is 4.21. The van der Waals surface area contributed by atoms with Crippen LogP contribution in [0.4, 0.5) is 0 Å². The van der Waals surface area contributed by atoms with E-state index in [1.165, 1.54) is 12.0 Å². The fourth-order valence-electron chi connectivity index (χ4n) is 1.72. The Balaban J connectivity index is 0. The van der Waals surface area contributed by atoms with Crippen molar-refractivity contribution in [2.24, 2.45) is 5.92 Å². The third-order valence-corrected chi connectivity index (χ3v) is 2.53. The van der Waals surface area contributed by atoms with Crippen molar-refractivity contribution >= 4 is 24.8 Å². The molecule has 0 radical (unpaired) electrons. The molecule has 1 rings (SSSR count). The molecular weight excluding hydrogens is 283 g/mol. The van der Waals surface area contributed by atoms with Gasteiger partial charge >= 0.3 is 0 Å². The second-order valence-electron chi connectivity index (χ2n) is 5.30. The Bertz CT molecular complexity index is 313. The van der Waals surface area contributed by atoms with Crippen LogP contribution >= 0.6 is 24.8 Å². The zero-order chi connectivity index (χ0) is 12.7. The first-order valence-electron chi connectivity index (χ1n) is 6.44. The van der Waals surface area contributed by atoms with Crippen molar-refractivity contribution in [1.29, 1.82) is 0 Å². The number of nitrogens with one attached hydrogen (secondary N) is 1. The van der Waals surface area contributed by atoms with E-state index in [2.05, 4.69) is 49.5 Å². The largest absolute Gasteiger partial charge is 0.313 e. The quantitative estimate of drug-likeness (QED) is 0.749. The topological polar surface area (TPSA) is 33.1 Å². The fourth-order valence-corrected chi connectivity index (χ4v) is 1.72. The summed E-state index contributed by atoms with van der Waals surface area (Å²) in [5, 5.41) is 7.80. The van der Waals surface area contributed by atoms with E-state index in [0.717, 1.165) is 26.2 Å². The Kier molecular flexibility index (Phi) is 12.8. The molecule has 0 aliphatic carbocycles. The van der Waals surface area contributed by atoms with Crippen molar-refractivity contribution in [3.05, 3.63) is 18.0 Å². The Hall–Kier alpha value is -0.290. The molecule has 1 heterocycles. The van der Waals surface area contributed by atoms with Gasteiger partial charge in [-0.15, -0.1) is 24.8 Å². The molecule has 114 valence electrons. The molecule has 0 saturated heterocycles. The lowest BCUT2D eigenvalue weighted by atomic mass is 10.2. The summed E-state index contributed by atoms with van der Waals surface area (Å²) in [5.74, 6) is 0.649. The summed E-state index contributed by atoms with van der Waals surface area (Å²) in [5.41, 5.74) is 1.27. The highest BCUT2D eigenvalue weighted by Gasteiger charge is 2.00. The van der Waals surface area contributed by atoms with E-state index in [0.29, 0.717) is 5.92 Å². The zero-order valence-corrected chi connectivity index (χ0v) is 14.1. The number of rotatable bonds is 8. The first-order valence-corrected chi connectivity index (χ1v) is 6.44. The zero-order valence-electron chi connectivity index (χ0n) is 12.4. The molecule has 1 aromatic rings. The molecular formula is C13H28Cl2N4. The van der Waals surface area contributed by atoms with Crippen LogP contribution in [0.15, 0.2) is 12.4 Å². The summed E-state index contributed by atoms with van der Waals surface area (Å²) in [6.45, 7) is 8.54. The van der Waals surface area contributed by atoms with Gasteiger partial charge in [-0.05, 0) is 39.5 Å². The molecule has 4 nitrogen and oxygen atoms in total. The summed E-state index contributed by atoms with van der Waals surface area (Å²) in [4.78, 5) is 2.21. The molecule has 6 heteroatoms. The van der Waals surface area contributed by atoms with Crippen LogP contribution in [-0.4, -0.2) is 41.9 Å². The van der Waals surface area contributed by atoms with Crippen LogP contribution in [0.1, 0.15) is 25.8 Å². The Morgan fingerprint density at radius 2 is 2.00 bits per heavy atom. The average molecular weight is 311 g/mol. The number of halogens is 2. The van der Waals surface area contributed by atoms with E-state index in [-0.39, 0.29) is 24.8 Å². The van der Waals surface area contributed by atoms with Gasteiger partial charge in [0.1, 0.15) is 0 Å². The SMILES string of the molecule is CC(C)Cn1cc(CNCCCN(C)C)cn1.Cl.Cl. The third kappa shape index (κ3) is 10.2. The van der Waals surface area contributed by atoms with Crippen molar-refractivity contribution in [2.45, 2.75) is 33.4 Å². The lowest BCUT2D eigenvalue weighted by molar-refractivity contribution is 0.394. The monoisotopic (exact) mass is 310 g/mol. The molecule has 19 heavy (non-hydrogen) atoms. The average Bonchev–Trinajstić information content (AvgIpc) is 2.63. The smallest absolute Gasteiger partial charge is 0.0534 e. The number of hydrogen-bond donors (Lipinski definition) is 1. The van der Waals surface area contributed by atoms with Crippen molar-refractivity contribution < 1.29 is 0 Å². The van der Waals surface area contributed by atoms with E-state index in [4.69, 9.17) is 0 Å². The van der Waals surface area contributed by atoms with Crippen LogP contribution in [0.25, 0.3) is 0 Å². The normalized spacial score (nSPS) is 10.4. The van der Waals surface area contributed by atoms with E-state index in [1.807, 2.05) is 10.9 Å². The number of hydrogen-bond acceptors (Lipinski definition) is 3. The summed E-state index contributed by atoms with van der Waals surface area (Å²) in [6, 6.07) is 0. The lowest BCUT2D eigenvalue weighted by Gasteiger charge is -2.09. The molecule has 0 atom stereocenters. The van der Waals surface area contributed by atoms with Gasteiger partial charge in [0.25, 0.3) is 0 Å². The molecule has 0 amide bonds. The van der Waals surface area contributed by atoms with Crippen LogP contribution in [-0.2, 0) is 13.1 Å². The van der Waals surface area contributed by atoms with E-state index in [9.17, 15) is 0 Å². The Labute approximate surface area is 129 Å². The number of nitrogens with zero attached hydrogens (tertiary/aromatic N) is 3. The van der Waals surface area contributed by atoms with E-state index in [1.54, 1.807) is 0 Å². The van der Waals surface area contributed by atoms with Crippen LogP contribution in [0.3, 0.4) is 0 Å². The maximum atomic E-state index is 4.35.